The van der Waals surface area contributed by atoms with Gasteiger partial charge in [-0.15, -0.1) is 0 Å². The van der Waals surface area contributed by atoms with Crippen LogP contribution in [0.25, 0.3) is 0 Å². The average Bonchev–Trinajstić information content (AvgIpc) is 2.98. The molecule has 1 aromatic carbocycles. The molecule has 0 aliphatic carbocycles. The molecule has 0 unspecified atom stereocenters. The SMILES string of the molecule is Cc1nn2c(c1C(=O)N[C@H](C)C(F)(F)F)CN(C(=O)Nc1ccc(F)c(F)c1)CC2. The standard InChI is InChI=1S/C18H18F5N5O2/c1-9-15(16(29)24-10(2)18(21,22)23)14-8-27(5-6-28(14)26-9)17(30)25-11-3-4-12(19)13(20)7-11/h3-4,7,10H,5-6,8H2,1-2H3,(H,24,29)(H,25,30)/t10-/m1/s1. The van der Waals surface area contributed by atoms with Crippen LogP contribution in [0.1, 0.15) is 28.7 Å². The lowest BCUT2D eigenvalue weighted by molar-refractivity contribution is -0.149. The number of carbonyl (C=O) groups excluding carboxylic acids is 2. The van der Waals surface area contributed by atoms with Crippen molar-refractivity contribution in [1.82, 2.24) is 20.0 Å². The minimum atomic E-state index is -4.60. The van der Waals surface area contributed by atoms with Crippen molar-refractivity contribution in [3.05, 3.63) is 46.8 Å². The molecule has 0 radical (unpaired) electrons. The minimum Gasteiger partial charge on any atom is -0.340 e. The number of aromatic nitrogens is 2. The van der Waals surface area contributed by atoms with E-state index in [2.05, 4.69) is 10.4 Å². The largest absolute Gasteiger partial charge is 0.408 e. The first-order valence-electron chi connectivity index (χ1n) is 8.92. The van der Waals surface area contributed by atoms with Crippen molar-refractivity contribution < 1.29 is 31.5 Å². The Morgan fingerprint density at radius 1 is 1.17 bits per heavy atom. The highest BCUT2D eigenvalue weighted by Gasteiger charge is 2.38. The van der Waals surface area contributed by atoms with E-state index >= 15 is 0 Å². The molecule has 3 amide bonds. The summed E-state index contributed by atoms with van der Waals surface area (Å²) in [6.07, 6.45) is -4.60. The number of fused-ring (bicyclic) bond motifs is 1. The maximum absolute atomic E-state index is 13.3. The number of anilines is 1. The third-order valence-corrected chi connectivity index (χ3v) is 4.68. The van der Waals surface area contributed by atoms with E-state index in [0.717, 1.165) is 19.1 Å². The summed E-state index contributed by atoms with van der Waals surface area (Å²) in [5.41, 5.74) is 0.522. The van der Waals surface area contributed by atoms with Gasteiger partial charge in [-0.25, -0.2) is 13.6 Å². The summed E-state index contributed by atoms with van der Waals surface area (Å²) in [6, 6.07) is 0.177. The van der Waals surface area contributed by atoms with Gasteiger partial charge in [0.15, 0.2) is 11.6 Å². The quantitative estimate of drug-likeness (QED) is 0.733. The third kappa shape index (κ3) is 4.36. The summed E-state index contributed by atoms with van der Waals surface area (Å²) in [7, 11) is 0. The van der Waals surface area contributed by atoms with E-state index in [0.29, 0.717) is 0 Å². The molecule has 1 aromatic heterocycles. The second kappa shape index (κ2) is 7.92. The number of hydrogen-bond donors (Lipinski definition) is 2. The smallest absolute Gasteiger partial charge is 0.340 e. The molecule has 30 heavy (non-hydrogen) atoms. The van der Waals surface area contributed by atoms with Crippen molar-refractivity contribution in [2.75, 3.05) is 11.9 Å². The number of halogens is 5. The highest BCUT2D eigenvalue weighted by molar-refractivity contribution is 5.97. The van der Waals surface area contributed by atoms with Crippen LogP contribution in [0.3, 0.4) is 0 Å². The predicted molar refractivity (Wildman–Crippen MR) is 95.7 cm³/mol. The van der Waals surface area contributed by atoms with Crippen LogP contribution in [0.5, 0.6) is 0 Å². The van der Waals surface area contributed by atoms with Crippen molar-refractivity contribution in [3.63, 3.8) is 0 Å². The van der Waals surface area contributed by atoms with E-state index in [1.54, 1.807) is 0 Å². The van der Waals surface area contributed by atoms with Crippen LogP contribution in [0.2, 0.25) is 0 Å². The van der Waals surface area contributed by atoms with Gasteiger partial charge in [0, 0.05) is 18.3 Å². The molecule has 2 N–H and O–H groups in total. The molecule has 3 rings (SSSR count). The van der Waals surface area contributed by atoms with Crippen molar-refractivity contribution in [3.8, 4) is 0 Å². The lowest BCUT2D eigenvalue weighted by Gasteiger charge is -2.28. The number of rotatable bonds is 3. The summed E-state index contributed by atoms with van der Waals surface area (Å²) in [5.74, 6) is -3.13. The molecule has 0 spiro atoms. The number of aryl methyl sites for hydroxylation is 1. The van der Waals surface area contributed by atoms with E-state index < -0.39 is 35.8 Å². The Labute approximate surface area is 167 Å². The molecule has 1 atom stereocenters. The summed E-state index contributed by atoms with van der Waals surface area (Å²) < 4.78 is 66.1. The Morgan fingerprint density at radius 2 is 1.87 bits per heavy atom. The first kappa shape index (κ1) is 21.5. The van der Waals surface area contributed by atoms with Crippen molar-refractivity contribution in [2.45, 2.75) is 39.2 Å². The van der Waals surface area contributed by atoms with Gasteiger partial charge in [-0.1, -0.05) is 0 Å². The Balaban J connectivity index is 1.77. The van der Waals surface area contributed by atoms with Gasteiger partial charge in [-0.3, -0.25) is 9.48 Å². The number of nitrogens with zero attached hydrogens (tertiary/aromatic N) is 3. The second-order valence-corrected chi connectivity index (χ2v) is 6.85. The number of carbonyl (C=O) groups is 2. The van der Waals surface area contributed by atoms with Gasteiger partial charge in [-0.2, -0.15) is 18.3 Å². The van der Waals surface area contributed by atoms with E-state index in [1.807, 2.05) is 5.32 Å². The fourth-order valence-corrected chi connectivity index (χ4v) is 3.05. The van der Waals surface area contributed by atoms with Crippen LogP contribution in [0.15, 0.2) is 18.2 Å². The number of benzene rings is 1. The highest BCUT2D eigenvalue weighted by atomic mass is 19.4. The molecule has 162 valence electrons. The van der Waals surface area contributed by atoms with Crippen molar-refractivity contribution in [2.24, 2.45) is 0 Å². The first-order chi connectivity index (χ1) is 14.0. The zero-order valence-electron chi connectivity index (χ0n) is 16.0. The topological polar surface area (TPSA) is 79.3 Å². The van der Waals surface area contributed by atoms with Gasteiger partial charge < -0.3 is 15.5 Å². The van der Waals surface area contributed by atoms with Crippen molar-refractivity contribution in [1.29, 1.82) is 0 Å². The maximum atomic E-state index is 13.3. The molecule has 2 heterocycles. The average molecular weight is 431 g/mol. The van der Waals surface area contributed by atoms with E-state index in [-0.39, 0.29) is 42.3 Å². The van der Waals surface area contributed by atoms with Gasteiger partial charge in [0.1, 0.15) is 6.04 Å². The first-order valence-corrected chi connectivity index (χ1v) is 8.92. The van der Waals surface area contributed by atoms with Crippen LogP contribution in [0, 0.1) is 18.6 Å². The van der Waals surface area contributed by atoms with Crippen LogP contribution in [-0.2, 0) is 13.1 Å². The van der Waals surface area contributed by atoms with Crippen LogP contribution < -0.4 is 10.6 Å². The molecule has 7 nitrogen and oxygen atoms in total. The normalized spacial score (nSPS) is 14.8. The van der Waals surface area contributed by atoms with E-state index in [9.17, 15) is 31.5 Å². The Kier molecular flexibility index (Phi) is 5.68. The highest BCUT2D eigenvalue weighted by Crippen LogP contribution is 2.24. The summed E-state index contributed by atoms with van der Waals surface area (Å²) in [4.78, 5) is 26.2. The second-order valence-electron chi connectivity index (χ2n) is 6.85. The zero-order valence-corrected chi connectivity index (χ0v) is 16.0. The fraction of sp³-hybridized carbons (Fsp3) is 0.389. The summed E-state index contributed by atoms with van der Waals surface area (Å²) in [5, 5.41) is 8.48. The number of alkyl halides is 3. The molecule has 1 aliphatic rings. The molecular formula is C18H18F5N5O2. The molecule has 12 heteroatoms. The van der Waals surface area contributed by atoms with Crippen molar-refractivity contribution >= 4 is 17.6 Å². The zero-order chi connectivity index (χ0) is 22.2. The predicted octanol–water partition coefficient (Wildman–Crippen LogP) is 3.20. The Hall–Kier alpha value is -3.18. The minimum absolute atomic E-state index is 0.0311. The van der Waals surface area contributed by atoms with E-state index in [1.165, 1.54) is 22.6 Å². The molecule has 0 fully saturated rings. The molecule has 0 bridgehead atoms. The number of urea groups is 1. The maximum Gasteiger partial charge on any atom is 0.408 e. The summed E-state index contributed by atoms with van der Waals surface area (Å²) >= 11 is 0. The molecule has 1 aliphatic heterocycles. The van der Waals surface area contributed by atoms with Crippen LogP contribution in [-0.4, -0.2) is 45.4 Å². The summed E-state index contributed by atoms with van der Waals surface area (Å²) in [6.45, 7) is 2.63. The monoisotopic (exact) mass is 431 g/mol. The van der Waals surface area contributed by atoms with E-state index in [4.69, 9.17) is 0 Å². The van der Waals surface area contributed by atoms with Gasteiger partial charge in [-0.05, 0) is 26.0 Å². The van der Waals surface area contributed by atoms with Gasteiger partial charge in [0.25, 0.3) is 5.91 Å². The Morgan fingerprint density at radius 3 is 2.50 bits per heavy atom. The number of hydrogen-bond acceptors (Lipinski definition) is 3. The van der Waals surface area contributed by atoms with Crippen LogP contribution in [0.4, 0.5) is 32.4 Å². The Bertz CT molecular complexity index is 988. The number of amides is 3. The third-order valence-electron chi connectivity index (χ3n) is 4.68. The number of nitrogens with one attached hydrogen (secondary N) is 2. The van der Waals surface area contributed by atoms with Gasteiger partial charge in [0.05, 0.1) is 30.0 Å². The van der Waals surface area contributed by atoms with Gasteiger partial charge in [0.2, 0.25) is 0 Å². The van der Waals surface area contributed by atoms with Gasteiger partial charge >= 0.3 is 12.2 Å². The molecule has 0 saturated heterocycles. The molecular weight excluding hydrogens is 413 g/mol. The lowest BCUT2D eigenvalue weighted by atomic mass is 10.1. The van der Waals surface area contributed by atoms with Crippen LogP contribution >= 0.6 is 0 Å². The lowest BCUT2D eigenvalue weighted by Crippen LogP contribution is -2.44. The molecule has 0 saturated carbocycles. The molecule has 2 aromatic rings. The fourth-order valence-electron chi connectivity index (χ4n) is 3.05.